The van der Waals surface area contributed by atoms with Gasteiger partial charge >= 0.3 is 0 Å². The summed E-state index contributed by atoms with van der Waals surface area (Å²) in [5.41, 5.74) is 0.0139. The highest BCUT2D eigenvalue weighted by atomic mass is 35.5. The lowest BCUT2D eigenvalue weighted by Crippen LogP contribution is -3.00. The Morgan fingerprint density at radius 1 is 1.33 bits per heavy atom. The maximum absolute atomic E-state index is 4.99. The van der Waals surface area contributed by atoms with Crippen molar-refractivity contribution < 1.29 is 23.1 Å². The molecule has 58 valence electrons. The van der Waals surface area contributed by atoms with E-state index in [0.717, 1.165) is 12.8 Å². The van der Waals surface area contributed by atoms with Gasteiger partial charge in [-0.05, 0) is 19.8 Å². The molecule has 0 amide bonds. The van der Waals surface area contributed by atoms with E-state index in [-0.39, 0.29) is 18.0 Å². The first-order chi connectivity index (χ1) is 3.68. The highest BCUT2D eigenvalue weighted by Gasteiger charge is 2.20. The van der Waals surface area contributed by atoms with Crippen molar-refractivity contribution in [2.75, 3.05) is 0 Å². The third-order valence-corrected chi connectivity index (χ3v) is 1.84. The monoisotopic (exact) mass is 153 g/mol. The third kappa shape index (κ3) is 3.73. The first-order valence-electron chi connectivity index (χ1n) is 3.11. The zero-order chi connectivity index (χ0) is 6.62. The molecule has 0 unspecified atom stereocenters. The van der Waals surface area contributed by atoms with Crippen molar-refractivity contribution in [3.63, 3.8) is 0 Å². The molecular formula is C6H16ClNO. The second-order valence-electron chi connectivity index (χ2n) is 2.30. The molecule has 3 heteroatoms. The zero-order valence-corrected chi connectivity index (χ0v) is 7.16. The first kappa shape index (κ1) is 11.9. The van der Waals surface area contributed by atoms with Gasteiger partial charge in [0.15, 0.2) is 0 Å². The Kier molecular flexibility index (Phi) is 6.68. The predicted molar refractivity (Wildman–Crippen MR) is 33.0 cm³/mol. The summed E-state index contributed by atoms with van der Waals surface area (Å²) in [6.45, 7) is 6.28. The van der Waals surface area contributed by atoms with Crippen LogP contribution in [-0.4, -0.2) is 5.60 Å². The van der Waals surface area contributed by atoms with Crippen LogP contribution in [0.4, 0.5) is 0 Å². The Morgan fingerprint density at radius 2 is 1.67 bits per heavy atom. The van der Waals surface area contributed by atoms with E-state index in [2.05, 4.69) is 26.7 Å². The van der Waals surface area contributed by atoms with Gasteiger partial charge in [-0.3, -0.25) is 0 Å². The van der Waals surface area contributed by atoms with Gasteiger partial charge in [-0.15, -0.1) is 0 Å². The average Bonchev–Trinajstić information content (AvgIpc) is 1.87. The summed E-state index contributed by atoms with van der Waals surface area (Å²) >= 11 is 0. The van der Waals surface area contributed by atoms with Crippen molar-refractivity contribution in [1.29, 1.82) is 0 Å². The smallest absolute Gasteiger partial charge is 0.124 e. The second kappa shape index (κ2) is 5.03. The van der Waals surface area contributed by atoms with Crippen LogP contribution in [0, 0.1) is 0 Å². The summed E-state index contributed by atoms with van der Waals surface area (Å²) in [6.07, 6.45) is 2.07. The van der Waals surface area contributed by atoms with Gasteiger partial charge in [0.1, 0.15) is 5.60 Å². The van der Waals surface area contributed by atoms with Crippen molar-refractivity contribution in [2.24, 2.45) is 0 Å². The van der Waals surface area contributed by atoms with Crippen molar-refractivity contribution in [2.45, 2.75) is 39.2 Å². The molecule has 0 bridgehead atoms. The van der Waals surface area contributed by atoms with Gasteiger partial charge in [0.2, 0.25) is 0 Å². The minimum absolute atomic E-state index is 0. The van der Waals surface area contributed by atoms with Crippen molar-refractivity contribution >= 4 is 0 Å². The number of hydrogen-bond donors (Lipinski definition) is 1. The number of rotatable bonds is 3. The average molecular weight is 154 g/mol. The van der Waals surface area contributed by atoms with E-state index in [1.165, 1.54) is 0 Å². The lowest BCUT2D eigenvalue weighted by atomic mass is 10.0. The second-order valence-corrected chi connectivity index (χ2v) is 2.30. The van der Waals surface area contributed by atoms with Crippen LogP contribution >= 0.6 is 0 Å². The fourth-order valence-corrected chi connectivity index (χ4v) is 0.454. The topological polar surface area (TPSA) is 36.9 Å². The summed E-state index contributed by atoms with van der Waals surface area (Å²) in [4.78, 5) is 4.99. The summed E-state index contributed by atoms with van der Waals surface area (Å²) in [6, 6.07) is 0. The Labute approximate surface area is 63.1 Å². The summed E-state index contributed by atoms with van der Waals surface area (Å²) in [5.74, 6) is 3.40. The van der Waals surface area contributed by atoms with Gasteiger partial charge in [-0.1, -0.05) is 13.8 Å². The SMILES string of the molecule is CCC(C)(CC)O[NH3+].[Cl-]. The van der Waals surface area contributed by atoms with Crippen LogP contribution in [0.2, 0.25) is 0 Å². The Morgan fingerprint density at radius 3 is 1.67 bits per heavy atom. The quantitative estimate of drug-likeness (QED) is 0.457. The molecule has 0 aliphatic heterocycles. The van der Waals surface area contributed by atoms with Gasteiger partial charge < -0.3 is 12.4 Å². The molecule has 0 atom stereocenters. The van der Waals surface area contributed by atoms with Crippen molar-refractivity contribution in [3.05, 3.63) is 0 Å². The molecule has 0 fully saturated rings. The Balaban J connectivity index is 0. The van der Waals surface area contributed by atoms with Crippen LogP contribution in [0.25, 0.3) is 0 Å². The molecule has 0 saturated heterocycles. The molecule has 3 N–H and O–H groups in total. The standard InChI is InChI=1S/C6H16NO.ClH/c1-4-6(3,5-2)8-7;/h4-5H2,1-3,7H3;1H/q+1;/p-1. The van der Waals surface area contributed by atoms with Crippen molar-refractivity contribution in [1.82, 2.24) is 0 Å². The molecule has 0 radical (unpaired) electrons. The lowest BCUT2D eigenvalue weighted by Gasteiger charge is -2.19. The fraction of sp³-hybridized carbons (Fsp3) is 1.00. The molecule has 2 nitrogen and oxygen atoms in total. The molecule has 0 aromatic heterocycles. The molecule has 0 saturated carbocycles. The molecule has 0 rings (SSSR count). The summed E-state index contributed by atoms with van der Waals surface area (Å²) < 4.78 is 0. The van der Waals surface area contributed by atoms with E-state index < -0.39 is 0 Å². The minimum atomic E-state index is 0. The molecule has 0 aromatic rings. The molecule has 9 heavy (non-hydrogen) atoms. The molecule has 0 spiro atoms. The van der Waals surface area contributed by atoms with Crippen LogP contribution in [-0.2, 0) is 4.84 Å². The van der Waals surface area contributed by atoms with E-state index >= 15 is 0 Å². The summed E-state index contributed by atoms with van der Waals surface area (Å²) in [5, 5.41) is 0. The van der Waals surface area contributed by atoms with Crippen LogP contribution in [0.15, 0.2) is 0 Å². The first-order valence-corrected chi connectivity index (χ1v) is 3.11. The fourth-order valence-electron chi connectivity index (χ4n) is 0.454. The van der Waals surface area contributed by atoms with E-state index in [1.54, 1.807) is 0 Å². The molecular weight excluding hydrogens is 138 g/mol. The van der Waals surface area contributed by atoms with E-state index in [1.807, 2.05) is 0 Å². The van der Waals surface area contributed by atoms with Crippen LogP contribution in [0.3, 0.4) is 0 Å². The van der Waals surface area contributed by atoms with Gasteiger partial charge in [0.05, 0.1) is 0 Å². The van der Waals surface area contributed by atoms with Crippen LogP contribution in [0.5, 0.6) is 0 Å². The third-order valence-electron chi connectivity index (χ3n) is 1.84. The number of hydrogen-bond acceptors (Lipinski definition) is 1. The predicted octanol–water partition coefficient (Wildman–Crippen LogP) is -2.26. The maximum Gasteiger partial charge on any atom is 0.124 e. The van der Waals surface area contributed by atoms with Crippen LogP contribution in [0.1, 0.15) is 33.6 Å². The zero-order valence-electron chi connectivity index (χ0n) is 6.41. The summed E-state index contributed by atoms with van der Waals surface area (Å²) in [7, 11) is 0. The Hall–Kier alpha value is 0.210. The van der Waals surface area contributed by atoms with Gasteiger partial charge in [-0.2, -0.15) is 0 Å². The highest BCUT2D eigenvalue weighted by molar-refractivity contribution is 4.67. The lowest BCUT2D eigenvalue weighted by molar-refractivity contribution is -0.717. The van der Waals surface area contributed by atoms with E-state index in [4.69, 9.17) is 4.84 Å². The minimum Gasteiger partial charge on any atom is -1.00 e. The van der Waals surface area contributed by atoms with Gasteiger partial charge in [0.25, 0.3) is 0 Å². The molecule has 0 aromatic carbocycles. The molecule has 0 aliphatic rings. The van der Waals surface area contributed by atoms with Gasteiger partial charge in [-0.25, -0.2) is 10.7 Å². The van der Waals surface area contributed by atoms with E-state index in [9.17, 15) is 0 Å². The Bertz CT molecular complexity index is 55.8. The number of halogens is 1. The van der Waals surface area contributed by atoms with Crippen LogP contribution < -0.4 is 18.3 Å². The normalized spacial score (nSPS) is 10.7. The van der Waals surface area contributed by atoms with Crippen molar-refractivity contribution in [3.8, 4) is 0 Å². The molecule has 0 heterocycles. The maximum atomic E-state index is 4.99. The van der Waals surface area contributed by atoms with E-state index in [0.29, 0.717) is 0 Å². The molecule has 0 aliphatic carbocycles. The highest BCUT2D eigenvalue weighted by Crippen LogP contribution is 2.14. The largest absolute Gasteiger partial charge is 1.00 e. The number of quaternary nitrogens is 1. The van der Waals surface area contributed by atoms with Gasteiger partial charge in [0, 0.05) is 0 Å².